The standard InChI is InChI=1S/C16H30N2O3S/c1-2-6-15(13-7-4-3-5-8-13)18-16(19)17-14-9-11-22(20,21)12-10-14/h13-15H,2-12H2,1H3,(H2,17,18,19). The smallest absolute Gasteiger partial charge is 0.315 e. The Labute approximate surface area is 134 Å². The first kappa shape index (κ1) is 17.6. The van der Waals surface area contributed by atoms with Crippen molar-refractivity contribution < 1.29 is 13.2 Å². The second-order valence-corrected chi connectivity index (χ2v) is 9.14. The van der Waals surface area contributed by atoms with Crippen molar-refractivity contribution in [3.63, 3.8) is 0 Å². The molecule has 6 heteroatoms. The lowest BCUT2D eigenvalue weighted by atomic mass is 9.82. The van der Waals surface area contributed by atoms with E-state index >= 15 is 0 Å². The van der Waals surface area contributed by atoms with Gasteiger partial charge in [-0.25, -0.2) is 13.2 Å². The molecule has 0 radical (unpaired) electrons. The number of carbonyl (C=O) groups excluding carboxylic acids is 1. The average Bonchev–Trinajstić information content (AvgIpc) is 2.50. The maximum atomic E-state index is 12.2. The van der Waals surface area contributed by atoms with Crippen molar-refractivity contribution in [1.82, 2.24) is 10.6 Å². The fourth-order valence-electron chi connectivity index (χ4n) is 3.70. The first-order chi connectivity index (χ1) is 10.5. The van der Waals surface area contributed by atoms with Crippen LogP contribution >= 0.6 is 0 Å². The molecule has 0 aromatic rings. The third-order valence-corrected chi connectivity index (χ3v) is 6.74. The van der Waals surface area contributed by atoms with Gasteiger partial charge in [0.15, 0.2) is 0 Å². The van der Waals surface area contributed by atoms with E-state index < -0.39 is 9.84 Å². The molecular weight excluding hydrogens is 300 g/mol. The summed E-state index contributed by atoms with van der Waals surface area (Å²) in [5, 5.41) is 6.13. The van der Waals surface area contributed by atoms with Gasteiger partial charge in [0.2, 0.25) is 0 Å². The van der Waals surface area contributed by atoms with E-state index in [1.165, 1.54) is 32.1 Å². The van der Waals surface area contributed by atoms with Gasteiger partial charge in [-0.05, 0) is 38.0 Å². The third-order valence-electron chi connectivity index (χ3n) is 5.02. The second-order valence-electron chi connectivity index (χ2n) is 6.84. The zero-order chi connectivity index (χ0) is 16.0. The van der Waals surface area contributed by atoms with Crippen molar-refractivity contribution in [3.8, 4) is 0 Å². The molecule has 0 aromatic heterocycles. The Morgan fingerprint density at radius 3 is 2.32 bits per heavy atom. The summed E-state index contributed by atoms with van der Waals surface area (Å²) in [6.45, 7) is 2.15. The molecule has 2 aliphatic rings. The molecule has 0 bridgehead atoms. The minimum atomic E-state index is -2.87. The summed E-state index contributed by atoms with van der Waals surface area (Å²) in [4.78, 5) is 12.2. The van der Waals surface area contributed by atoms with Gasteiger partial charge in [0, 0.05) is 12.1 Å². The van der Waals surface area contributed by atoms with E-state index in [9.17, 15) is 13.2 Å². The maximum absolute atomic E-state index is 12.2. The van der Waals surface area contributed by atoms with Crippen molar-refractivity contribution in [2.45, 2.75) is 76.8 Å². The van der Waals surface area contributed by atoms with Gasteiger partial charge in [0.05, 0.1) is 11.5 Å². The van der Waals surface area contributed by atoms with Gasteiger partial charge in [0.1, 0.15) is 9.84 Å². The van der Waals surface area contributed by atoms with E-state index in [1.807, 2.05) is 0 Å². The number of sulfone groups is 1. The predicted octanol–water partition coefficient (Wildman–Crippen LogP) is 2.61. The van der Waals surface area contributed by atoms with Crippen molar-refractivity contribution >= 4 is 15.9 Å². The van der Waals surface area contributed by atoms with Crippen LogP contribution in [0.1, 0.15) is 64.7 Å². The molecule has 0 aromatic carbocycles. The SMILES string of the molecule is CCCC(NC(=O)NC1CCS(=O)(=O)CC1)C1CCCCC1. The zero-order valence-electron chi connectivity index (χ0n) is 13.6. The number of nitrogens with one attached hydrogen (secondary N) is 2. The predicted molar refractivity (Wildman–Crippen MR) is 88.6 cm³/mol. The Balaban J connectivity index is 1.80. The number of carbonyl (C=O) groups is 1. The summed E-state index contributed by atoms with van der Waals surface area (Å²) in [5.41, 5.74) is 0. The molecule has 1 saturated carbocycles. The number of hydrogen-bond acceptors (Lipinski definition) is 3. The molecule has 5 nitrogen and oxygen atoms in total. The number of amides is 2. The summed E-state index contributed by atoms with van der Waals surface area (Å²) in [6.07, 6.45) is 9.47. The van der Waals surface area contributed by atoms with Gasteiger partial charge in [-0.1, -0.05) is 32.6 Å². The molecule has 1 aliphatic heterocycles. The Bertz CT molecular complexity index is 444. The first-order valence-corrected chi connectivity index (χ1v) is 10.6. The number of rotatable bonds is 5. The summed E-state index contributed by atoms with van der Waals surface area (Å²) in [7, 11) is -2.87. The van der Waals surface area contributed by atoms with Crippen LogP contribution in [0.15, 0.2) is 0 Å². The van der Waals surface area contributed by atoms with Gasteiger partial charge in [-0.3, -0.25) is 0 Å². The Hall–Kier alpha value is -0.780. The van der Waals surface area contributed by atoms with Gasteiger partial charge in [0.25, 0.3) is 0 Å². The maximum Gasteiger partial charge on any atom is 0.315 e. The van der Waals surface area contributed by atoms with Crippen molar-refractivity contribution in [2.24, 2.45) is 5.92 Å². The van der Waals surface area contributed by atoms with Crippen molar-refractivity contribution in [1.29, 1.82) is 0 Å². The lowest BCUT2D eigenvalue weighted by molar-refractivity contribution is 0.213. The molecule has 1 atom stereocenters. The van der Waals surface area contributed by atoms with E-state index in [0.29, 0.717) is 18.8 Å². The van der Waals surface area contributed by atoms with E-state index in [1.54, 1.807) is 0 Å². The van der Waals surface area contributed by atoms with Crippen LogP contribution in [0.25, 0.3) is 0 Å². The zero-order valence-corrected chi connectivity index (χ0v) is 14.5. The normalized spacial score (nSPS) is 24.6. The Morgan fingerprint density at radius 1 is 1.09 bits per heavy atom. The van der Waals surface area contributed by atoms with Crippen LogP contribution < -0.4 is 10.6 Å². The fraction of sp³-hybridized carbons (Fsp3) is 0.938. The van der Waals surface area contributed by atoms with E-state index in [4.69, 9.17) is 0 Å². The van der Waals surface area contributed by atoms with Crippen LogP contribution in [-0.4, -0.2) is 38.0 Å². The lowest BCUT2D eigenvalue weighted by Gasteiger charge is -2.32. The first-order valence-electron chi connectivity index (χ1n) is 8.77. The summed E-state index contributed by atoms with van der Waals surface area (Å²) >= 11 is 0. The number of urea groups is 1. The van der Waals surface area contributed by atoms with Gasteiger partial charge in [-0.15, -0.1) is 0 Å². The largest absolute Gasteiger partial charge is 0.335 e. The Kier molecular flexibility index (Phi) is 6.53. The molecule has 1 heterocycles. The Morgan fingerprint density at radius 2 is 1.73 bits per heavy atom. The second kappa shape index (κ2) is 8.18. The van der Waals surface area contributed by atoms with Crippen LogP contribution in [0.5, 0.6) is 0 Å². The molecule has 2 N–H and O–H groups in total. The molecule has 2 fully saturated rings. The van der Waals surface area contributed by atoms with Gasteiger partial charge in [-0.2, -0.15) is 0 Å². The highest BCUT2D eigenvalue weighted by Gasteiger charge is 2.27. The average molecular weight is 330 g/mol. The van der Waals surface area contributed by atoms with E-state index in [-0.39, 0.29) is 29.6 Å². The number of hydrogen-bond donors (Lipinski definition) is 2. The topological polar surface area (TPSA) is 75.3 Å². The van der Waals surface area contributed by atoms with Crippen LogP contribution in [-0.2, 0) is 9.84 Å². The van der Waals surface area contributed by atoms with Crippen molar-refractivity contribution in [2.75, 3.05) is 11.5 Å². The molecule has 0 spiro atoms. The molecule has 128 valence electrons. The van der Waals surface area contributed by atoms with Crippen molar-refractivity contribution in [3.05, 3.63) is 0 Å². The van der Waals surface area contributed by atoms with Crippen LogP contribution in [0.3, 0.4) is 0 Å². The highest BCUT2D eigenvalue weighted by atomic mass is 32.2. The highest BCUT2D eigenvalue weighted by Crippen LogP contribution is 2.28. The summed E-state index contributed by atoms with van der Waals surface area (Å²) in [6, 6.07) is 0.142. The fourth-order valence-corrected chi connectivity index (χ4v) is 5.19. The summed E-state index contributed by atoms with van der Waals surface area (Å²) < 4.78 is 22.8. The molecule has 2 rings (SSSR count). The van der Waals surface area contributed by atoms with Gasteiger partial charge >= 0.3 is 6.03 Å². The molecule has 1 aliphatic carbocycles. The minimum absolute atomic E-state index is 0.00263. The van der Waals surface area contributed by atoms with Gasteiger partial charge < -0.3 is 10.6 Å². The quantitative estimate of drug-likeness (QED) is 0.813. The van der Waals surface area contributed by atoms with Crippen LogP contribution in [0.4, 0.5) is 4.79 Å². The molecule has 1 saturated heterocycles. The molecule has 22 heavy (non-hydrogen) atoms. The molecular formula is C16H30N2O3S. The monoisotopic (exact) mass is 330 g/mol. The third kappa shape index (κ3) is 5.45. The van der Waals surface area contributed by atoms with Crippen LogP contribution in [0, 0.1) is 5.92 Å². The lowest BCUT2D eigenvalue weighted by Crippen LogP contribution is -2.50. The minimum Gasteiger partial charge on any atom is -0.335 e. The molecule has 1 unspecified atom stereocenters. The van der Waals surface area contributed by atoms with E-state index in [0.717, 1.165) is 12.8 Å². The van der Waals surface area contributed by atoms with E-state index in [2.05, 4.69) is 17.6 Å². The van der Waals surface area contributed by atoms with Crippen LogP contribution in [0.2, 0.25) is 0 Å². The molecule has 2 amide bonds. The highest BCUT2D eigenvalue weighted by molar-refractivity contribution is 7.91. The summed E-state index contributed by atoms with van der Waals surface area (Å²) in [5.74, 6) is 0.990.